The normalized spacial score (nSPS) is 27.9. The van der Waals surface area contributed by atoms with Crippen LogP contribution in [0.25, 0.3) is 0 Å². The van der Waals surface area contributed by atoms with E-state index in [-0.39, 0.29) is 23.0 Å². The second-order valence-corrected chi connectivity index (χ2v) is 7.54. The molecule has 0 aromatic carbocycles. The Hall–Kier alpha value is -0.780. The molecule has 2 unspecified atom stereocenters. The first-order chi connectivity index (χ1) is 9.29. The van der Waals surface area contributed by atoms with E-state index in [9.17, 15) is 9.59 Å². The van der Waals surface area contributed by atoms with Crippen LogP contribution >= 0.6 is 15.9 Å². The summed E-state index contributed by atoms with van der Waals surface area (Å²) in [6, 6.07) is 0. The maximum atomic E-state index is 12.3. The molecule has 2 aliphatic heterocycles. The van der Waals surface area contributed by atoms with E-state index >= 15 is 0 Å². The Kier molecular flexibility index (Phi) is 4.62. The molecule has 0 spiro atoms. The minimum atomic E-state index is -0.508. The molecule has 5 nitrogen and oxygen atoms in total. The molecule has 2 saturated heterocycles. The van der Waals surface area contributed by atoms with Crippen LogP contribution in [-0.4, -0.2) is 51.5 Å². The Morgan fingerprint density at radius 1 is 1.25 bits per heavy atom. The third-order valence-corrected chi connectivity index (χ3v) is 4.48. The molecule has 2 heterocycles. The molecule has 2 aliphatic rings. The fourth-order valence-electron chi connectivity index (χ4n) is 2.73. The van der Waals surface area contributed by atoms with Gasteiger partial charge in [0.2, 0.25) is 5.91 Å². The molecule has 2 amide bonds. The Labute approximate surface area is 128 Å². The largest absolute Gasteiger partial charge is 0.444 e. The van der Waals surface area contributed by atoms with Gasteiger partial charge in [-0.25, -0.2) is 4.79 Å². The number of halogens is 1. The Morgan fingerprint density at radius 3 is 2.50 bits per heavy atom. The summed E-state index contributed by atoms with van der Waals surface area (Å²) >= 11 is 3.39. The lowest BCUT2D eigenvalue weighted by atomic mass is 10.1. The summed E-state index contributed by atoms with van der Waals surface area (Å²) in [5.41, 5.74) is -0.508. The lowest BCUT2D eigenvalue weighted by Gasteiger charge is -2.41. The number of likely N-dealkylation sites (tertiary alicyclic amines) is 2. The molecule has 2 atom stereocenters. The number of nitrogens with zero attached hydrogens (tertiary/aromatic N) is 2. The molecule has 0 saturated carbocycles. The zero-order valence-electron chi connectivity index (χ0n) is 12.4. The van der Waals surface area contributed by atoms with Gasteiger partial charge in [0.15, 0.2) is 0 Å². The third-order valence-electron chi connectivity index (χ3n) is 3.63. The molecule has 0 aromatic rings. The van der Waals surface area contributed by atoms with Gasteiger partial charge in [-0.2, -0.15) is 0 Å². The molecule has 114 valence electrons. The van der Waals surface area contributed by atoms with E-state index in [1.54, 1.807) is 4.90 Å². The van der Waals surface area contributed by atoms with Gasteiger partial charge >= 0.3 is 6.09 Å². The number of amides is 2. The van der Waals surface area contributed by atoms with Crippen LogP contribution in [0.1, 0.15) is 46.5 Å². The fraction of sp³-hybridized carbons (Fsp3) is 0.857. The summed E-state index contributed by atoms with van der Waals surface area (Å²) in [5.74, 6) is 0.0884. The summed E-state index contributed by atoms with van der Waals surface area (Å²) in [4.78, 5) is 27.9. The molecule has 0 aromatic heterocycles. The molecular formula is C14H23BrN2O3. The second kappa shape index (κ2) is 5.92. The third kappa shape index (κ3) is 3.45. The summed E-state index contributed by atoms with van der Waals surface area (Å²) in [6.45, 7) is 6.95. The zero-order chi connectivity index (χ0) is 14.9. The smallest absolute Gasteiger partial charge is 0.411 e. The fourth-order valence-corrected chi connectivity index (χ4v) is 3.20. The van der Waals surface area contributed by atoms with Crippen molar-refractivity contribution in [2.24, 2.45) is 0 Å². The average molecular weight is 347 g/mol. The Morgan fingerprint density at radius 2 is 1.95 bits per heavy atom. The number of hydrogen-bond donors (Lipinski definition) is 0. The highest BCUT2D eigenvalue weighted by Gasteiger charge is 2.40. The zero-order valence-corrected chi connectivity index (χ0v) is 14.0. The van der Waals surface area contributed by atoms with Crippen molar-refractivity contribution in [3.05, 3.63) is 0 Å². The Bertz CT molecular complexity index is 394. The van der Waals surface area contributed by atoms with Crippen molar-refractivity contribution in [2.45, 2.75) is 63.0 Å². The Balaban J connectivity index is 2.09. The minimum Gasteiger partial charge on any atom is -0.444 e. The van der Waals surface area contributed by atoms with Crippen molar-refractivity contribution >= 4 is 27.9 Å². The molecule has 20 heavy (non-hydrogen) atoms. The molecule has 6 heteroatoms. The van der Waals surface area contributed by atoms with Gasteiger partial charge in [0.25, 0.3) is 0 Å². The van der Waals surface area contributed by atoms with E-state index in [1.807, 2.05) is 25.7 Å². The molecule has 2 fully saturated rings. The highest BCUT2D eigenvalue weighted by atomic mass is 79.9. The summed E-state index contributed by atoms with van der Waals surface area (Å²) < 4.78 is 5.47. The number of ether oxygens (including phenoxy) is 1. The summed E-state index contributed by atoms with van der Waals surface area (Å²) in [5, 5.41) is 0. The van der Waals surface area contributed by atoms with Crippen LogP contribution in [-0.2, 0) is 9.53 Å². The topological polar surface area (TPSA) is 49.9 Å². The van der Waals surface area contributed by atoms with Crippen molar-refractivity contribution < 1.29 is 14.3 Å². The van der Waals surface area contributed by atoms with Crippen LogP contribution in [0.15, 0.2) is 0 Å². The first-order valence-electron chi connectivity index (χ1n) is 7.24. The highest BCUT2D eigenvalue weighted by molar-refractivity contribution is 9.10. The van der Waals surface area contributed by atoms with Crippen LogP contribution in [0.4, 0.5) is 4.79 Å². The first-order valence-corrected chi connectivity index (χ1v) is 8.15. The molecule has 0 radical (unpaired) electrons. The summed E-state index contributed by atoms with van der Waals surface area (Å²) in [6.07, 6.45) is 3.19. The van der Waals surface area contributed by atoms with Crippen molar-refractivity contribution in [1.82, 2.24) is 9.80 Å². The predicted molar refractivity (Wildman–Crippen MR) is 79.6 cm³/mol. The van der Waals surface area contributed by atoms with Gasteiger partial charge in [0.05, 0.1) is 4.83 Å². The van der Waals surface area contributed by atoms with E-state index in [2.05, 4.69) is 15.9 Å². The number of hydrogen-bond acceptors (Lipinski definition) is 3. The van der Waals surface area contributed by atoms with Crippen molar-refractivity contribution in [3.8, 4) is 0 Å². The van der Waals surface area contributed by atoms with Gasteiger partial charge in [-0.3, -0.25) is 9.69 Å². The number of carbonyl (C=O) groups excluding carboxylic acids is 2. The van der Waals surface area contributed by atoms with Crippen LogP contribution < -0.4 is 0 Å². The van der Waals surface area contributed by atoms with Crippen LogP contribution in [0, 0.1) is 0 Å². The number of piperidine rings is 1. The highest BCUT2D eigenvalue weighted by Crippen LogP contribution is 2.28. The lowest BCUT2D eigenvalue weighted by molar-refractivity contribution is -0.133. The van der Waals surface area contributed by atoms with E-state index in [1.165, 1.54) is 0 Å². The van der Waals surface area contributed by atoms with Crippen LogP contribution in [0.3, 0.4) is 0 Å². The van der Waals surface area contributed by atoms with Gasteiger partial charge in [-0.05, 0) is 46.5 Å². The van der Waals surface area contributed by atoms with E-state index in [0.717, 1.165) is 25.7 Å². The van der Waals surface area contributed by atoms with E-state index in [4.69, 9.17) is 4.74 Å². The minimum absolute atomic E-state index is 0.0884. The monoisotopic (exact) mass is 346 g/mol. The van der Waals surface area contributed by atoms with Crippen molar-refractivity contribution in [2.75, 3.05) is 13.1 Å². The number of carbonyl (C=O) groups is 2. The SMILES string of the molecule is CC(C)(C)OC(=O)N1CCCCC1N1CCC(Br)C1=O. The number of rotatable bonds is 1. The summed E-state index contributed by atoms with van der Waals surface area (Å²) in [7, 11) is 0. The second-order valence-electron chi connectivity index (χ2n) is 6.44. The van der Waals surface area contributed by atoms with Gasteiger partial charge in [-0.15, -0.1) is 0 Å². The standard InChI is InChI=1S/C14H23BrN2O3/c1-14(2,3)20-13(19)17-8-5-4-6-11(17)16-9-7-10(15)12(16)18/h10-11H,4-9H2,1-3H3. The first kappa shape index (κ1) is 15.6. The van der Waals surface area contributed by atoms with E-state index < -0.39 is 5.60 Å². The molecule has 0 bridgehead atoms. The average Bonchev–Trinajstić information content (AvgIpc) is 2.68. The van der Waals surface area contributed by atoms with Crippen molar-refractivity contribution in [3.63, 3.8) is 0 Å². The number of alkyl halides is 1. The van der Waals surface area contributed by atoms with Gasteiger partial charge in [0.1, 0.15) is 11.8 Å². The predicted octanol–water partition coefficient (Wildman–Crippen LogP) is 2.73. The maximum Gasteiger partial charge on any atom is 0.411 e. The quantitative estimate of drug-likeness (QED) is 0.686. The van der Waals surface area contributed by atoms with Gasteiger partial charge in [0, 0.05) is 13.1 Å². The molecular weight excluding hydrogens is 324 g/mol. The van der Waals surface area contributed by atoms with E-state index in [0.29, 0.717) is 13.1 Å². The van der Waals surface area contributed by atoms with Gasteiger partial charge < -0.3 is 9.64 Å². The van der Waals surface area contributed by atoms with Crippen molar-refractivity contribution in [1.29, 1.82) is 0 Å². The van der Waals surface area contributed by atoms with Gasteiger partial charge in [-0.1, -0.05) is 15.9 Å². The van der Waals surface area contributed by atoms with Crippen LogP contribution in [0.2, 0.25) is 0 Å². The molecule has 2 rings (SSSR count). The van der Waals surface area contributed by atoms with Crippen LogP contribution in [0.5, 0.6) is 0 Å². The lowest BCUT2D eigenvalue weighted by Crippen LogP contribution is -2.55. The molecule has 0 N–H and O–H groups in total. The molecule has 0 aliphatic carbocycles. The maximum absolute atomic E-state index is 12.3.